The van der Waals surface area contributed by atoms with Crippen molar-refractivity contribution < 1.29 is 27.4 Å². The van der Waals surface area contributed by atoms with Crippen LogP contribution in [0.3, 0.4) is 0 Å². The molecule has 1 N–H and O–H groups in total. The van der Waals surface area contributed by atoms with Gasteiger partial charge in [0, 0.05) is 17.6 Å². The van der Waals surface area contributed by atoms with Gasteiger partial charge in [0.2, 0.25) is 10.0 Å². The van der Waals surface area contributed by atoms with Gasteiger partial charge in [0.1, 0.15) is 18.1 Å². The summed E-state index contributed by atoms with van der Waals surface area (Å²) in [5.41, 5.74) is 1.02. The molecule has 0 bridgehead atoms. The van der Waals surface area contributed by atoms with Gasteiger partial charge in [0.15, 0.2) is 6.61 Å². The molecule has 0 atom stereocenters. The molecule has 0 aromatic heterocycles. The van der Waals surface area contributed by atoms with Crippen molar-refractivity contribution in [3.05, 3.63) is 52.5 Å². The molecule has 1 heterocycles. The SMILES string of the molecule is Cc1cc(OCC(=O)NCCOc2ccc(S(=O)(=O)N3CCOCC3)cc2)ccc1Br. The molecular weight excluding hydrogens is 488 g/mol. The fourth-order valence-corrected chi connectivity index (χ4v) is 4.56. The van der Waals surface area contributed by atoms with Crippen molar-refractivity contribution in [2.75, 3.05) is 46.1 Å². The minimum Gasteiger partial charge on any atom is -0.492 e. The first-order valence-corrected chi connectivity index (χ1v) is 12.1. The number of nitrogens with one attached hydrogen (secondary N) is 1. The van der Waals surface area contributed by atoms with Gasteiger partial charge in [-0.1, -0.05) is 15.9 Å². The molecule has 10 heteroatoms. The molecule has 168 valence electrons. The number of aryl methyl sites for hydroxylation is 1. The van der Waals surface area contributed by atoms with E-state index in [9.17, 15) is 13.2 Å². The van der Waals surface area contributed by atoms with E-state index in [0.717, 1.165) is 10.0 Å². The first kappa shape index (κ1) is 23.5. The third-order valence-corrected chi connectivity index (χ3v) is 7.43. The average molecular weight is 513 g/mol. The third-order valence-electron chi connectivity index (χ3n) is 4.62. The lowest BCUT2D eigenvalue weighted by Gasteiger charge is -2.26. The zero-order valence-corrected chi connectivity index (χ0v) is 19.6. The van der Waals surface area contributed by atoms with Crippen molar-refractivity contribution in [2.24, 2.45) is 0 Å². The van der Waals surface area contributed by atoms with Gasteiger partial charge in [-0.3, -0.25) is 4.79 Å². The summed E-state index contributed by atoms with van der Waals surface area (Å²) >= 11 is 3.42. The lowest BCUT2D eigenvalue weighted by Crippen LogP contribution is -2.40. The monoisotopic (exact) mass is 512 g/mol. The summed E-state index contributed by atoms with van der Waals surface area (Å²) < 4.78 is 43.8. The van der Waals surface area contributed by atoms with Gasteiger partial charge in [-0.15, -0.1) is 0 Å². The van der Waals surface area contributed by atoms with Crippen LogP contribution in [0.15, 0.2) is 51.8 Å². The molecule has 2 aromatic carbocycles. The molecule has 31 heavy (non-hydrogen) atoms. The molecule has 3 rings (SSSR count). The van der Waals surface area contributed by atoms with Crippen molar-refractivity contribution in [2.45, 2.75) is 11.8 Å². The van der Waals surface area contributed by atoms with E-state index < -0.39 is 10.0 Å². The van der Waals surface area contributed by atoms with Crippen LogP contribution >= 0.6 is 15.9 Å². The smallest absolute Gasteiger partial charge is 0.258 e. The Kier molecular flexibility index (Phi) is 8.30. The number of ether oxygens (including phenoxy) is 3. The van der Waals surface area contributed by atoms with Gasteiger partial charge < -0.3 is 19.5 Å². The highest BCUT2D eigenvalue weighted by atomic mass is 79.9. The van der Waals surface area contributed by atoms with E-state index in [0.29, 0.717) is 44.3 Å². The minimum atomic E-state index is -3.53. The highest BCUT2D eigenvalue weighted by Gasteiger charge is 2.26. The van der Waals surface area contributed by atoms with Gasteiger partial charge in [0.05, 0.1) is 24.7 Å². The number of carbonyl (C=O) groups is 1. The Morgan fingerprint density at radius 3 is 2.45 bits per heavy atom. The van der Waals surface area contributed by atoms with Crippen LogP contribution in [0.2, 0.25) is 0 Å². The molecule has 0 unspecified atom stereocenters. The average Bonchev–Trinajstić information content (AvgIpc) is 2.78. The van der Waals surface area contributed by atoms with Crippen molar-refractivity contribution in [1.82, 2.24) is 9.62 Å². The molecule has 1 aliphatic heterocycles. The van der Waals surface area contributed by atoms with Crippen LogP contribution in [0.25, 0.3) is 0 Å². The molecule has 1 saturated heterocycles. The topological polar surface area (TPSA) is 94.2 Å². The fourth-order valence-electron chi connectivity index (χ4n) is 2.91. The van der Waals surface area contributed by atoms with E-state index >= 15 is 0 Å². The van der Waals surface area contributed by atoms with Crippen LogP contribution in [0.4, 0.5) is 0 Å². The van der Waals surface area contributed by atoms with Gasteiger partial charge in [-0.2, -0.15) is 4.31 Å². The van der Waals surface area contributed by atoms with Crippen LogP contribution in [-0.2, 0) is 19.6 Å². The Hall–Kier alpha value is -2.14. The van der Waals surface area contributed by atoms with Crippen molar-refractivity contribution >= 4 is 31.9 Å². The quantitative estimate of drug-likeness (QED) is 0.518. The minimum absolute atomic E-state index is 0.0881. The van der Waals surface area contributed by atoms with Gasteiger partial charge in [-0.05, 0) is 55.0 Å². The summed E-state index contributed by atoms with van der Waals surface area (Å²) in [4.78, 5) is 12.1. The normalized spacial score (nSPS) is 14.8. The number of hydrogen-bond donors (Lipinski definition) is 1. The molecule has 1 aliphatic rings. The second kappa shape index (κ2) is 10.9. The van der Waals surface area contributed by atoms with E-state index in [4.69, 9.17) is 14.2 Å². The Morgan fingerprint density at radius 1 is 1.10 bits per heavy atom. The van der Waals surface area contributed by atoms with E-state index in [1.807, 2.05) is 19.1 Å². The molecule has 0 radical (unpaired) electrons. The lowest BCUT2D eigenvalue weighted by molar-refractivity contribution is -0.123. The van der Waals surface area contributed by atoms with E-state index in [-0.39, 0.29) is 24.0 Å². The van der Waals surface area contributed by atoms with Crippen molar-refractivity contribution in [3.63, 3.8) is 0 Å². The molecular formula is C21H25BrN2O6S. The molecule has 8 nitrogen and oxygen atoms in total. The Bertz CT molecular complexity index is 991. The highest BCUT2D eigenvalue weighted by molar-refractivity contribution is 9.10. The molecule has 2 aromatic rings. The molecule has 0 aliphatic carbocycles. The maximum absolute atomic E-state index is 12.6. The van der Waals surface area contributed by atoms with E-state index in [2.05, 4.69) is 21.2 Å². The number of morpholine rings is 1. The predicted molar refractivity (Wildman–Crippen MR) is 119 cm³/mol. The second-order valence-electron chi connectivity index (χ2n) is 6.89. The van der Waals surface area contributed by atoms with Crippen LogP contribution in [-0.4, -0.2) is 64.7 Å². The number of sulfonamides is 1. The lowest BCUT2D eigenvalue weighted by atomic mass is 10.2. The number of hydrogen-bond acceptors (Lipinski definition) is 6. The Morgan fingerprint density at radius 2 is 1.77 bits per heavy atom. The maximum Gasteiger partial charge on any atom is 0.258 e. The Labute approximate surface area is 190 Å². The van der Waals surface area contributed by atoms with Crippen LogP contribution in [0.1, 0.15) is 5.56 Å². The summed E-state index contributed by atoms with van der Waals surface area (Å²) in [6, 6.07) is 11.8. The fraction of sp³-hybridized carbons (Fsp3) is 0.381. The van der Waals surface area contributed by atoms with Crippen LogP contribution in [0, 0.1) is 6.92 Å². The standard InChI is InChI=1S/C21H25BrN2O6S/c1-16-14-18(4-7-20(16)22)30-15-21(25)23-8-11-29-17-2-5-19(6-3-17)31(26,27)24-9-12-28-13-10-24/h2-7,14H,8-13,15H2,1H3,(H,23,25). The maximum atomic E-state index is 12.6. The Balaban J connectivity index is 1.39. The van der Waals surface area contributed by atoms with E-state index in [1.165, 1.54) is 16.4 Å². The zero-order valence-electron chi connectivity index (χ0n) is 17.2. The number of rotatable bonds is 9. The summed E-state index contributed by atoms with van der Waals surface area (Å²) in [5.74, 6) is 0.895. The van der Waals surface area contributed by atoms with Crippen LogP contribution in [0.5, 0.6) is 11.5 Å². The number of amides is 1. The number of halogens is 1. The second-order valence-corrected chi connectivity index (χ2v) is 9.68. The molecule has 0 saturated carbocycles. The van der Waals surface area contributed by atoms with Crippen LogP contribution < -0.4 is 14.8 Å². The molecule has 1 fully saturated rings. The summed E-state index contributed by atoms with van der Waals surface area (Å²) in [7, 11) is -3.53. The van der Waals surface area contributed by atoms with Gasteiger partial charge in [-0.25, -0.2) is 8.42 Å². The summed E-state index contributed by atoms with van der Waals surface area (Å²) in [6.45, 7) is 3.92. The zero-order chi connectivity index (χ0) is 22.3. The van der Waals surface area contributed by atoms with Crippen molar-refractivity contribution in [3.8, 4) is 11.5 Å². The van der Waals surface area contributed by atoms with Crippen molar-refractivity contribution in [1.29, 1.82) is 0 Å². The number of carbonyl (C=O) groups excluding carboxylic acids is 1. The first-order chi connectivity index (χ1) is 14.9. The summed E-state index contributed by atoms with van der Waals surface area (Å²) in [6.07, 6.45) is 0. The third kappa shape index (κ3) is 6.67. The predicted octanol–water partition coefficient (Wildman–Crippen LogP) is 2.35. The number of benzene rings is 2. The van der Waals surface area contributed by atoms with Gasteiger partial charge in [0.25, 0.3) is 5.91 Å². The molecule has 0 spiro atoms. The largest absolute Gasteiger partial charge is 0.492 e. The van der Waals surface area contributed by atoms with E-state index in [1.54, 1.807) is 18.2 Å². The highest BCUT2D eigenvalue weighted by Crippen LogP contribution is 2.22. The summed E-state index contributed by atoms with van der Waals surface area (Å²) in [5, 5.41) is 2.72. The van der Waals surface area contributed by atoms with Gasteiger partial charge >= 0.3 is 0 Å². The molecule has 1 amide bonds. The number of nitrogens with zero attached hydrogens (tertiary/aromatic N) is 1. The first-order valence-electron chi connectivity index (χ1n) is 9.83.